The number of nitrogens with zero attached hydrogens (tertiary/aromatic N) is 1. The van der Waals surface area contributed by atoms with Crippen molar-refractivity contribution in [1.82, 2.24) is 5.32 Å². The van der Waals surface area contributed by atoms with Crippen molar-refractivity contribution in [2.75, 3.05) is 6.54 Å². The lowest BCUT2D eigenvalue weighted by molar-refractivity contribution is -0.139. The number of amides is 1. The Hall–Kier alpha value is -1.39. The van der Waals surface area contributed by atoms with Gasteiger partial charge in [-0.1, -0.05) is 6.92 Å². The zero-order valence-corrected chi connectivity index (χ0v) is 15.8. The summed E-state index contributed by atoms with van der Waals surface area (Å²) in [6.45, 7) is 9.35. The summed E-state index contributed by atoms with van der Waals surface area (Å²) in [5.41, 5.74) is -0.859. The van der Waals surface area contributed by atoms with Gasteiger partial charge in [0.05, 0.1) is 17.4 Å². The Morgan fingerprint density at radius 1 is 1.35 bits per heavy atom. The first-order valence-electron chi connectivity index (χ1n) is 8.02. The van der Waals surface area contributed by atoms with E-state index in [4.69, 9.17) is 5.11 Å². The van der Waals surface area contributed by atoms with Crippen LogP contribution in [-0.2, 0) is 9.59 Å². The SMILES string of the molecule is CC(CC(=O)O)CC(C(=O)NCCC[Si](C)(C)O)C(C)(C)C#N. The molecular weight excluding hydrogens is 312 g/mol. The van der Waals surface area contributed by atoms with Gasteiger partial charge >= 0.3 is 5.97 Å². The van der Waals surface area contributed by atoms with Crippen molar-refractivity contribution in [2.45, 2.75) is 59.2 Å². The Morgan fingerprint density at radius 3 is 2.35 bits per heavy atom. The molecule has 0 aromatic rings. The zero-order chi connectivity index (χ0) is 18.3. The van der Waals surface area contributed by atoms with Gasteiger partial charge in [-0.05, 0) is 51.7 Å². The Bertz CT molecular complexity index is 452. The molecule has 0 heterocycles. The van der Waals surface area contributed by atoms with Gasteiger partial charge in [0.2, 0.25) is 5.91 Å². The molecule has 23 heavy (non-hydrogen) atoms. The van der Waals surface area contributed by atoms with Crippen molar-refractivity contribution in [1.29, 1.82) is 5.26 Å². The quantitative estimate of drug-likeness (QED) is 0.417. The van der Waals surface area contributed by atoms with Crippen LogP contribution in [-0.4, -0.2) is 36.6 Å². The fourth-order valence-corrected chi connectivity index (χ4v) is 3.49. The first-order chi connectivity index (χ1) is 10.4. The van der Waals surface area contributed by atoms with Gasteiger partial charge in [0, 0.05) is 13.0 Å². The molecule has 7 heteroatoms. The van der Waals surface area contributed by atoms with E-state index in [1.165, 1.54) is 0 Å². The van der Waals surface area contributed by atoms with E-state index in [1.807, 2.05) is 13.1 Å². The molecule has 0 spiro atoms. The van der Waals surface area contributed by atoms with E-state index in [0.29, 0.717) is 25.4 Å². The third-order valence-electron chi connectivity index (χ3n) is 3.90. The number of carbonyl (C=O) groups excluding carboxylic acids is 1. The summed E-state index contributed by atoms with van der Waals surface area (Å²) >= 11 is 0. The summed E-state index contributed by atoms with van der Waals surface area (Å²) < 4.78 is 0. The van der Waals surface area contributed by atoms with E-state index in [1.54, 1.807) is 20.8 Å². The van der Waals surface area contributed by atoms with Crippen molar-refractivity contribution in [2.24, 2.45) is 17.3 Å². The van der Waals surface area contributed by atoms with Crippen LogP contribution in [0.2, 0.25) is 19.1 Å². The Balaban J connectivity index is 4.72. The lowest BCUT2D eigenvalue weighted by atomic mass is 9.74. The molecule has 0 aliphatic carbocycles. The van der Waals surface area contributed by atoms with Gasteiger partial charge in [-0.2, -0.15) is 5.26 Å². The van der Waals surface area contributed by atoms with E-state index in [9.17, 15) is 19.6 Å². The highest BCUT2D eigenvalue weighted by Crippen LogP contribution is 2.32. The first kappa shape index (κ1) is 21.6. The molecule has 0 aliphatic rings. The largest absolute Gasteiger partial charge is 0.481 e. The third kappa shape index (κ3) is 9.36. The van der Waals surface area contributed by atoms with Crippen LogP contribution in [0.1, 0.15) is 40.0 Å². The number of hydrogen-bond acceptors (Lipinski definition) is 4. The molecule has 0 aromatic carbocycles. The topological polar surface area (TPSA) is 110 Å². The summed E-state index contributed by atoms with van der Waals surface area (Å²) in [6, 6.07) is 2.86. The van der Waals surface area contributed by atoms with Gasteiger partial charge in [-0.25, -0.2) is 0 Å². The normalized spacial score (nSPS) is 14.7. The highest BCUT2D eigenvalue weighted by atomic mass is 28.4. The number of nitrogens with one attached hydrogen (secondary N) is 1. The van der Waals surface area contributed by atoms with Gasteiger partial charge < -0.3 is 15.2 Å². The van der Waals surface area contributed by atoms with Crippen molar-refractivity contribution in [3.63, 3.8) is 0 Å². The van der Waals surface area contributed by atoms with Crippen LogP contribution in [0.15, 0.2) is 0 Å². The van der Waals surface area contributed by atoms with Crippen LogP contribution >= 0.6 is 0 Å². The highest BCUT2D eigenvalue weighted by molar-refractivity contribution is 6.69. The average Bonchev–Trinajstić information content (AvgIpc) is 2.38. The van der Waals surface area contributed by atoms with Gasteiger partial charge in [0.15, 0.2) is 8.32 Å². The maximum absolute atomic E-state index is 12.4. The number of carbonyl (C=O) groups is 2. The van der Waals surface area contributed by atoms with E-state index in [0.717, 1.165) is 0 Å². The van der Waals surface area contributed by atoms with Crippen LogP contribution < -0.4 is 5.32 Å². The van der Waals surface area contributed by atoms with Crippen molar-refractivity contribution >= 4 is 20.2 Å². The summed E-state index contributed by atoms with van der Waals surface area (Å²) in [5, 5.41) is 21.0. The standard InChI is InChI=1S/C16H30N2O4Si/c1-12(10-14(19)20)9-13(16(2,3)11-17)15(21)18-7-6-8-23(4,5)22/h12-13,22H,6-10H2,1-5H3,(H,18,21)(H,19,20). The molecule has 0 radical (unpaired) electrons. The summed E-state index contributed by atoms with van der Waals surface area (Å²) in [4.78, 5) is 33.0. The molecule has 0 aliphatic heterocycles. The van der Waals surface area contributed by atoms with Crippen molar-refractivity contribution < 1.29 is 19.5 Å². The monoisotopic (exact) mass is 342 g/mol. The van der Waals surface area contributed by atoms with E-state index >= 15 is 0 Å². The number of carboxylic acids is 1. The molecule has 1 amide bonds. The van der Waals surface area contributed by atoms with E-state index in [-0.39, 0.29) is 18.2 Å². The summed E-state index contributed by atoms with van der Waals surface area (Å²) in [6.07, 6.45) is 1.04. The van der Waals surface area contributed by atoms with Gasteiger partial charge in [-0.15, -0.1) is 0 Å². The molecule has 3 N–H and O–H groups in total. The molecule has 0 saturated carbocycles. The molecule has 132 valence electrons. The molecule has 0 rings (SSSR count). The molecule has 0 fully saturated rings. The second-order valence-electron chi connectivity index (χ2n) is 7.53. The predicted molar refractivity (Wildman–Crippen MR) is 91.1 cm³/mol. The van der Waals surface area contributed by atoms with Gasteiger partial charge in [0.25, 0.3) is 0 Å². The molecule has 6 nitrogen and oxygen atoms in total. The lowest BCUT2D eigenvalue weighted by Crippen LogP contribution is -2.40. The average molecular weight is 343 g/mol. The number of carboxylic acid groups (broad SMARTS) is 1. The second-order valence-corrected chi connectivity index (χ2v) is 11.7. The molecular formula is C16H30N2O4Si. The summed E-state index contributed by atoms with van der Waals surface area (Å²) in [7, 11) is -2.11. The number of rotatable bonds is 10. The predicted octanol–water partition coefficient (Wildman–Crippen LogP) is 2.36. The van der Waals surface area contributed by atoms with Crippen molar-refractivity contribution in [3.05, 3.63) is 0 Å². The number of nitriles is 1. The van der Waals surface area contributed by atoms with Crippen LogP contribution in [0.5, 0.6) is 0 Å². The van der Waals surface area contributed by atoms with E-state index in [2.05, 4.69) is 11.4 Å². The van der Waals surface area contributed by atoms with E-state index < -0.39 is 25.6 Å². The number of hydrogen-bond donors (Lipinski definition) is 3. The Morgan fingerprint density at radius 2 is 1.91 bits per heavy atom. The second kappa shape index (κ2) is 9.04. The minimum Gasteiger partial charge on any atom is -0.481 e. The van der Waals surface area contributed by atoms with Gasteiger partial charge in [-0.3, -0.25) is 9.59 Å². The number of aliphatic carboxylic acids is 1. The smallest absolute Gasteiger partial charge is 0.303 e. The Labute approximate surface area is 140 Å². The molecule has 2 unspecified atom stereocenters. The molecule has 0 bridgehead atoms. The summed E-state index contributed by atoms with van der Waals surface area (Å²) in [5.74, 6) is -1.85. The minimum atomic E-state index is -2.11. The van der Waals surface area contributed by atoms with Crippen LogP contribution in [0.4, 0.5) is 0 Å². The fraction of sp³-hybridized carbons (Fsp3) is 0.812. The lowest BCUT2D eigenvalue weighted by Gasteiger charge is -2.29. The van der Waals surface area contributed by atoms with Crippen LogP contribution in [0, 0.1) is 28.6 Å². The van der Waals surface area contributed by atoms with Gasteiger partial charge in [0.1, 0.15) is 0 Å². The minimum absolute atomic E-state index is 0.0183. The Kier molecular flexibility index (Phi) is 8.49. The molecule has 2 atom stereocenters. The zero-order valence-electron chi connectivity index (χ0n) is 14.8. The van der Waals surface area contributed by atoms with Crippen LogP contribution in [0.25, 0.3) is 0 Å². The third-order valence-corrected chi connectivity index (χ3v) is 5.48. The molecule has 0 aromatic heterocycles. The maximum Gasteiger partial charge on any atom is 0.303 e. The fourth-order valence-electron chi connectivity index (χ4n) is 2.45. The molecule has 0 saturated heterocycles. The highest BCUT2D eigenvalue weighted by Gasteiger charge is 2.36. The van der Waals surface area contributed by atoms with Crippen molar-refractivity contribution in [3.8, 4) is 6.07 Å². The first-order valence-corrected chi connectivity index (χ1v) is 11.2. The maximum atomic E-state index is 12.4. The van der Waals surface area contributed by atoms with Crippen LogP contribution in [0.3, 0.4) is 0 Å².